The maximum atomic E-state index is 12.5. The molecule has 0 aliphatic rings. The number of aromatic nitrogens is 1. The normalized spacial score (nSPS) is 12.0. The summed E-state index contributed by atoms with van der Waals surface area (Å²) in [5.41, 5.74) is 0.0335. The first-order valence-corrected chi connectivity index (χ1v) is 7.04. The monoisotopic (exact) mass is 348 g/mol. The van der Waals surface area contributed by atoms with Crippen LogP contribution in [0.4, 0.5) is 29.3 Å². The number of para-hydroxylation sites is 1. The van der Waals surface area contributed by atoms with E-state index in [0.717, 1.165) is 24.3 Å². The first-order valence-electron chi connectivity index (χ1n) is 7.04. The van der Waals surface area contributed by atoms with E-state index in [1.807, 2.05) is 0 Å². The van der Waals surface area contributed by atoms with Crippen molar-refractivity contribution in [1.29, 1.82) is 0 Å². The maximum Gasteiger partial charge on any atom is 0.416 e. The predicted molar refractivity (Wildman–Crippen MR) is 84.9 cm³/mol. The molecule has 0 saturated carbocycles. The van der Waals surface area contributed by atoms with Gasteiger partial charge in [-0.25, -0.2) is 4.79 Å². The fourth-order valence-corrected chi connectivity index (χ4v) is 2.20. The molecule has 3 rings (SSSR count). The second-order valence-electron chi connectivity index (χ2n) is 5.07. The summed E-state index contributed by atoms with van der Waals surface area (Å²) in [6.07, 6.45) is -4.45. The SMILES string of the molecule is O=C(N=Nc1c(O)[nH]c2ccccc12)Nc1ccc(C(F)(F)F)cc1. The topological polar surface area (TPSA) is 89.8 Å². The number of halogens is 3. The predicted octanol–water partition coefficient (Wildman–Crippen LogP) is 5.21. The molecule has 3 aromatic rings. The second kappa shape index (κ2) is 6.27. The number of H-pyrrole nitrogens is 1. The van der Waals surface area contributed by atoms with Gasteiger partial charge in [0.1, 0.15) is 0 Å². The number of carbonyl (C=O) groups is 1. The van der Waals surface area contributed by atoms with E-state index in [9.17, 15) is 23.1 Å². The van der Waals surface area contributed by atoms with Crippen LogP contribution in [0.25, 0.3) is 10.9 Å². The number of benzene rings is 2. The number of aromatic hydroxyl groups is 1. The highest BCUT2D eigenvalue weighted by Gasteiger charge is 2.29. The van der Waals surface area contributed by atoms with E-state index < -0.39 is 17.8 Å². The number of rotatable bonds is 2. The van der Waals surface area contributed by atoms with Gasteiger partial charge in [-0.05, 0) is 30.3 Å². The van der Waals surface area contributed by atoms with Crippen LogP contribution in [-0.4, -0.2) is 16.1 Å². The van der Waals surface area contributed by atoms with Crippen molar-refractivity contribution in [3.05, 3.63) is 54.1 Å². The van der Waals surface area contributed by atoms with E-state index in [4.69, 9.17) is 0 Å². The fraction of sp³-hybridized carbons (Fsp3) is 0.0625. The van der Waals surface area contributed by atoms with Crippen molar-refractivity contribution in [3.63, 3.8) is 0 Å². The zero-order valence-corrected chi connectivity index (χ0v) is 12.5. The molecule has 1 heterocycles. The Morgan fingerprint density at radius 3 is 2.44 bits per heavy atom. The van der Waals surface area contributed by atoms with Crippen LogP contribution in [0, 0.1) is 0 Å². The molecule has 0 spiro atoms. The lowest BCUT2D eigenvalue weighted by molar-refractivity contribution is -0.137. The molecule has 128 valence electrons. The van der Waals surface area contributed by atoms with E-state index in [-0.39, 0.29) is 17.3 Å². The van der Waals surface area contributed by atoms with Gasteiger partial charge in [-0.15, -0.1) is 5.11 Å². The van der Waals surface area contributed by atoms with Crippen molar-refractivity contribution in [3.8, 4) is 5.88 Å². The number of urea groups is 1. The molecule has 0 fully saturated rings. The number of nitrogens with zero attached hydrogens (tertiary/aromatic N) is 2. The summed E-state index contributed by atoms with van der Waals surface area (Å²) in [6.45, 7) is 0. The first-order chi connectivity index (χ1) is 11.8. The average molecular weight is 348 g/mol. The Labute approximate surface area is 139 Å². The molecule has 0 aliphatic carbocycles. The van der Waals surface area contributed by atoms with Crippen LogP contribution in [0.3, 0.4) is 0 Å². The van der Waals surface area contributed by atoms with Gasteiger partial charge in [0.25, 0.3) is 0 Å². The number of azo groups is 1. The number of aromatic amines is 1. The maximum absolute atomic E-state index is 12.5. The molecule has 6 nitrogen and oxygen atoms in total. The molecule has 0 bridgehead atoms. The van der Waals surface area contributed by atoms with E-state index in [2.05, 4.69) is 20.5 Å². The number of nitrogens with one attached hydrogen (secondary N) is 2. The highest BCUT2D eigenvalue weighted by atomic mass is 19.4. The standard InChI is InChI=1S/C16H11F3N4O2/c17-16(18,19)9-5-7-10(8-6-9)20-15(25)23-22-13-11-3-1-2-4-12(11)21-14(13)24/h1-8,21,24H,(H,20,25). The Morgan fingerprint density at radius 2 is 1.76 bits per heavy atom. The quantitative estimate of drug-likeness (QED) is 0.555. The van der Waals surface area contributed by atoms with E-state index in [0.29, 0.717) is 10.9 Å². The number of hydrogen-bond acceptors (Lipinski definition) is 3. The Bertz CT molecular complexity index is 946. The van der Waals surface area contributed by atoms with Gasteiger partial charge >= 0.3 is 12.2 Å². The van der Waals surface area contributed by atoms with Gasteiger partial charge in [-0.2, -0.15) is 13.2 Å². The molecular formula is C16H11F3N4O2. The molecule has 0 radical (unpaired) electrons. The van der Waals surface area contributed by atoms with Crippen LogP contribution in [0.5, 0.6) is 5.88 Å². The van der Waals surface area contributed by atoms with E-state index in [1.54, 1.807) is 24.3 Å². The zero-order chi connectivity index (χ0) is 18.0. The minimum atomic E-state index is -4.45. The Kier molecular flexibility index (Phi) is 4.14. The summed E-state index contributed by atoms with van der Waals surface area (Å²) in [6, 6.07) is 9.93. The van der Waals surface area contributed by atoms with Gasteiger partial charge in [-0.3, -0.25) is 0 Å². The molecule has 2 amide bonds. The molecule has 2 aromatic carbocycles. The average Bonchev–Trinajstić information content (AvgIpc) is 2.88. The summed E-state index contributed by atoms with van der Waals surface area (Å²) in [7, 11) is 0. The molecule has 0 unspecified atom stereocenters. The molecule has 0 saturated heterocycles. The molecular weight excluding hydrogens is 337 g/mol. The number of hydrogen-bond donors (Lipinski definition) is 3. The summed E-state index contributed by atoms with van der Waals surface area (Å²) in [5, 5.41) is 19.8. The van der Waals surface area contributed by atoms with Crippen molar-refractivity contribution < 1.29 is 23.1 Å². The Morgan fingerprint density at radius 1 is 1.08 bits per heavy atom. The molecule has 25 heavy (non-hydrogen) atoms. The minimum Gasteiger partial charge on any atom is -0.493 e. The van der Waals surface area contributed by atoms with Gasteiger partial charge in [0.2, 0.25) is 5.88 Å². The second-order valence-corrected chi connectivity index (χ2v) is 5.07. The minimum absolute atomic E-state index is 0.0955. The highest BCUT2D eigenvalue weighted by molar-refractivity contribution is 5.95. The fourth-order valence-electron chi connectivity index (χ4n) is 2.20. The van der Waals surface area contributed by atoms with Crippen molar-refractivity contribution in [2.75, 3.05) is 5.32 Å². The number of amides is 2. The molecule has 9 heteroatoms. The van der Waals surface area contributed by atoms with Crippen LogP contribution in [0.2, 0.25) is 0 Å². The van der Waals surface area contributed by atoms with Crippen molar-refractivity contribution in [1.82, 2.24) is 4.98 Å². The smallest absolute Gasteiger partial charge is 0.416 e. The van der Waals surface area contributed by atoms with Crippen molar-refractivity contribution in [2.45, 2.75) is 6.18 Å². The lowest BCUT2D eigenvalue weighted by Gasteiger charge is -2.07. The van der Waals surface area contributed by atoms with Crippen LogP contribution < -0.4 is 5.32 Å². The largest absolute Gasteiger partial charge is 0.493 e. The number of anilines is 1. The van der Waals surface area contributed by atoms with Crippen LogP contribution in [-0.2, 0) is 6.18 Å². The van der Waals surface area contributed by atoms with Gasteiger partial charge in [0, 0.05) is 11.1 Å². The summed E-state index contributed by atoms with van der Waals surface area (Å²) >= 11 is 0. The number of alkyl halides is 3. The Hall–Kier alpha value is -3.36. The zero-order valence-electron chi connectivity index (χ0n) is 12.5. The van der Waals surface area contributed by atoms with Crippen LogP contribution in [0.15, 0.2) is 58.8 Å². The highest BCUT2D eigenvalue weighted by Crippen LogP contribution is 2.35. The van der Waals surface area contributed by atoms with E-state index >= 15 is 0 Å². The third-order valence-corrected chi connectivity index (χ3v) is 3.36. The summed E-state index contributed by atoms with van der Waals surface area (Å²) in [4.78, 5) is 14.4. The first kappa shape index (κ1) is 16.5. The third kappa shape index (κ3) is 3.60. The number of fused-ring (bicyclic) bond motifs is 1. The molecule has 3 N–H and O–H groups in total. The molecule has 0 aliphatic heterocycles. The molecule has 1 aromatic heterocycles. The van der Waals surface area contributed by atoms with Crippen LogP contribution >= 0.6 is 0 Å². The third-order valence-electron chi connectivity index (χ3n) is 3.36. The van der Waals surface area contributed by atoms with Crippen molar-refractivity contribution in [2.24, 2.45) is 10.2 Å². The van der Waals surface area contributed by atoms with Crippen LogP contribution in [0.1, 0.15) is 5.56 Å². The van der Waals surface area contributed by atoms with Gasteiger partial charge in [-0.1, -0.05) is 23.3 Å². The Balaban J connectivity index is 1.74. The lowest BCUT2D eigenvalue weighted by atomic mass is 10.2. The van der Waals surface area contributed by atoms with Gasteiger partial charge < -0.3 is 15.4 Å². The van der Waals surface area contributed by atoms with Gasteiger partial charge in [0.15, 0.2) is 5.69 Å². The molecule has 0 atom stereocenters. The van der Waals surface area contributed by atoms with Gasteiger partial charge in [0.05, 0.1) is 11.1 Å². The van der Waals surface area contributed by atoms with Crippen molar-refractivity contribution >= 4 is 28.3 Å². The lowest BCUT2D eigenvalue weighted by Crippen LogP contribution is -2.07. The summed E-state index contributed by atoms with van der Waals surface area (Å²) in [5.74, 6) is -0.243. The number of carbonyl (C=O) groups excluding carboxylic acids is 1. The summed E-state index contributed by atoms with van der Waals surface area (Å²) < 4.78 is 37.4. The van der Waals surface area contributed by atoms with E-state index in [1.165, 1.54) is 0 Å².